The third-order valence-corrected chi connectivity index (χ3v) is 6.65. The van der Waals surface area contributed by atoms with Crippen molar-refractivity contribution in [3.63, 3.8) is 0 Å². The summed E-state index contributed by atoms with van der Waals surface area (Å²) in [7, 11) is 0. The maximum absolute atomic E-state index is 12.7. The first kappa shape index (κ1) is 23.2. The van der Waals surface area contributed by atoms with Gasteiger partial charge in [-0.25, -0.2) is 0 Å². The van der Waals surface area contributed by atoms with E-state index < -0.39 is 41.3 Å². The number of hydrogen-bond donors (Lipinski definition) is 5. The minimum atomic E-state index is -1.36. The number of alkyl halides is 1. The molecule has 9 heteroatoms. The Kier molecular flexibility index (Phi) is 9.12. The Morgan fingerprint density at radius 3 is 2.52 bits per heavy atom. The Labute approximate surface area is 170 Å². The Morgan fingerprint density at radius 2 is 2.00 bits per heavy atom. The number of halogens is 1. The van der Waals surface area contributed by atoms with Crippen LogP contribution >= 0.6 is 23.4 Å². The van der Waals surface area contributed by atoms with Crippen LogP contribution in [0.3, 0.4) is 0 Å². The summed E-state index contributed by atoms with van der Waals surface area (Å²) in [6.07, 6.45) is 1.33. The van der Waals surface area contributed by atoms with Gasteiger partial charge in [-0.05, 0) is 25.5 Å². The van der Waals surface area contributed by atoms with Crippen LogP contribution in [0.4, 0.5) is 0 Å². The molecule has 0 bridgehead atoms. The molecule has 0 unspecified atom stereocenters. The number of nitrogens with one attached hydrogen (secondary N) is 2. The quantitative estimate of drug-likeness (QED) is 0.270. The van der Waals surface area contributed by atoms with Crippen LogP contribution in [0.15, 0.2) is 0 Å². The molecule has 2 aliphatic heterocycles. The second-order valence-corrected chi connectivity index (χ2v) is 9.15. The van der Waals surface area contributed by atoms with Crippen molar-refractivity contribution in [1.29, 1.82) is 0 Å². The third kappa shape index (κ3) is 5.50. The minimum absolute atomic E-state index is 0.169. The van der Waals surface area contributed by atoms with E-state index in [2.05, 4.69) is 17.6 Å². The van der Waals surface area contributed by atoms with Crippen LogP contribution in [0.1, 0.15) is 39.5 Å². The molecular weight excluding hydrogens is 392 g/mol. The molecule has 7 nitrogen and oxygen atoms in total. The summed E-state index contributed by atoms with van der Waals surface area (Å²) in [6.45, 7) is 4.68. The Bertz CT molecular complexity index is 485. The van der Waals surface area contributed by atoms with E-state index in [9.17, 15) is 20.1 Å². The van der Waals surface area contributed by atoms with Gasteiger partial charge >= 0.3 is 0 Å². The van der Waals surface area contributed by atoms with Crippen molar-refractivity contribution in [3.05, 3.63) is 0 Å². The van der Waals surface area contributed by atoms with Crippen LogP contribution in [0, 0.1) is 5.92 Å². The lowest BCUT2D eigenvalue weighted by atomic mass is 9.85. The largest absolute Gasteiger partial charge is 0.388 e. The molecule has 0 spiro atoms. The molecule has 2 saturated heterocycles. The molecule has 2 aliphatic rings. The first-order chi connectivity index (χ1) is 12.8. The molecule has 158 valence electrons. The summed E-state index contributed by atoms with van der Waals surface area (Å²) in [6, 6.07) is -0.961. The van der Waals surface area contributed by atoms with Gasteiger partial charge in [0, 0.05) is 6.54 Å². The van der Waals surface area contributed by atoms with Gasteiger partial charge in [0.15, 0.2) is 0 Å². The molecule has 0 radical (unpaired) electrons. The average Bonchev–Trinajstić information content (AvgIpc) is 2.61. The van der Waals surface area contributed by atoms with Gasteiger partial charge in [0.05, 0.1) is 17.5 Å². The van der Waals surface area contributed by atoms with Crippen LogP contribution in [0.2, 0.25) is 0 Å². The zero-order valence-corrected chi connectivity index (χ0v) is 17.7. The third-order valence-electron chi connectivity index (χ3n) is 5.53. The Morgan fingerprint density at radius 1 is 1.30 bits per heavy atom. The van der Waals surface area contributed by atoms with E-state index in [0.29, 0.717) is 5.92 Å². The zero-order valence-electron chi connectivity index (χ0n) is 16.2. The number of hydrogen-bond acceptors (Lipinski definition) is 7. The molecule has 0 aromatic rings. The monoisotopic (exact) mass is 424 g/mol. The fourth-order valence-corrected chi connectivity index (χ4v) is 4.60. The van der Waals surface area contributed by atoms with Crippen molar-refractivity contribution >= 4 is 29.3 Å². The number of thioether (sulfide) groups is 1. The molecule has 27 heavy (non-hydrogen) atoms. The van der Waals surface area contributed by atoms with Crippen LogP contribution in [-0.4, -0.2) is 81.3 Å². The number of aliphatic hydroxyl groups is 3. The molecule has 0 aromatic carbocycles. The van der Waals surface area contributed by atoms with E-state index >= 15 is 0 Å². The minimum Gasteiger partial charge on any atom is -0.388 e. The summed E-state index contributed by atoms with van der Waals surface area (Å²) in [5.74, 6) is 0.128. The second-order valence-electron chi connectivity index (χ2n) is 7.53. The topological polar surface area (TPSA) is 111 Å². The first-order valence-electron chi connectivity index (χ1n) is 9.72. The Hall–Kier alpha value is -0.0900. The van der Waals surface area contributed by atoms with Gasteiger partial charge in [-0.2, -0.15) is 0 Å². The standard InChI is InChI=1S/C18H33ClN2O5S/c1-4-5-6-7-10-8-20-12(10)17(25)21-11(9(2)19)16-14(23)13(22)15(24)18(26-16)27-3/h9-16,18,20,22-24H,4-8H2,1-3H3,(H,21,25)/t9-,10-,11+,12-,13-,14+,15+,16+,18+/m0/s1. The van der Waals surface area contributed by atoms with Crippen molar-refractivity contribution in [3.8, 4) is 0 Å². The normalized spacial score (nSPS) is 38.7. The van der Waals surface area contributed by atoms with Gasteiger partial charge in [0.1, 0.15) is 29.9 Å². The smallest absolute Gasteiger partial charge is 0.237 e. The summed E-state index contributed by atoms with van der Waals surface area (Å²) in [4.78, 5) is 12.7. The number of rotatable bonds is 9. The number of unbranched alkanes of at least 4 members (excludes halogenated alkanes) is 2. The summed E-state index contributed by atoms with van der Waals surface area (Å²) < 4.78 is 5.78. The van der Waals surface area contributed by atoms with Gasteiger partial charge in [-0.1, -0.05) is 26.2 Å². The van der Waals surface area contributed by atoms with Crippen molar-refractivity contribution in [2.45, 2.75) is 86.8 Å². The lowest BCUT2D eigenvalue weighted by Crippen LogP contribution is -2.67. The summed E-state index contributed by atoms with van der Waals surface area (Å²) in [5.41, 5.74) is -0.702. The molecule has 0 saturated carbocycles. The molecule has 2 heterocycles. The van der Waals surface area contributed by atoms with Crippen LogP contribution in [0.5, 0.6) is 0 Å². The van der Waals surface area contributed by atoms with Gasteiger partial charge in [-0.3, -0.25) is 4.79 Å². The SMILES string of the molecule is CCCCC[C@H]1CN[C@@H]1C(=O)N[C@@H]([C@H]1O[C@H](SC)[C@H](O)[C@@H](O)[C@H]1O)[C@H](C)Cl. The van der Waals surface area contributed by atoms with Crippen molar-refractivity contribution in [1.82, 2.24) is 10.6 Å². The second kappa shape index (κ2) is 10.6. The zero-order chi connectivity index (χ0) is 20.1. The number of aliphatic hydroxyl groups excluding tert-OH is 3. The van der Waals surface area contributed by atoms with Crippen molar-refractivity contribution < 1.29 is 24.9 Å². The highest BCUT2D eigenvalue weighted by Crippen LogP contribution is 2.30. The number of ether oxygens (including phenoxy) is 1. The van der Waals surface area contributed by atoms with E-state index in [4.69, 9.17) is 16.3 Å². The fourth-order valence-electron chi connectivity index (χ4n) is 3.71. The van der Waals surface area contributed by atoms with E-state index in [1.807, 2.05) is 0 Å². The summed E-state index contributed by atoms with van der Waals surface area (Å²) >= 11 is 7.52. The maximum Gasteiger partial charge on any atom is 0.237 e. The Balaban J connectivity index is 2.01. The number of carbonyl (C=O) groups excluding carboxylic acids is 1. The molecule has 1 amide bonds. The van der Waals surface area contributed by atoms with E-state index in [0.717, 1.165) is 32.2 Å². The fraction of sp³-hybridized carbons (Fsp3) is 0.944. The van der Waals surface area contributed by atoms with Crippen LogP contribution in [0.25, 0.3) is 0 Å². The lowest BCUT2D eigenvalue weighted by molar-refractivity contribution is -0.205. The predicted molar refractivity (Wildman–Crippen MR) is 107 cm³/mol. The maximum atomic E-state index is 12.7. The van der Waals surface area contributed by atoms with Gasteiger partial charge in [0.2, 0.25) is 5.91 Å². The van der Waals surface area contributed by atoms with Gasteiger partial charge < -0.3 is 30.7 Å². The molecule has 2 fully saturated rings. The van der Waals surface area contributed by atoms with Crippen molar-refractivity contribution in [2.75, 3.05) is 12.8 Å². The molecule has 9 atom stereocenters. The van der Waals surface area contributed by atoms with Crippen LogP contribution in [-0.2, 0) is 9.53 Å². The van der Waals surface area contributed by atoms with Gasteiger partial charge in [0.25, 0.3) is 0 Å². The van der Waals surface area contributed by atoms with Crippen molar-refractivity contribution in [2.24, 2.45) is 5.92 Å². The highest BCUT2D eigenvalue weighted by molar-refractivity contribution is 7.99. The molecule has 0 aliphatic carbocycles. The predicted octanol–water partition coefficient (Wildman–Crippen LogP) is 0.437. The highest BCUT2D eigenvalue weighted by Gasteiger charge is 2.48. The number of carbonyl (C=O) groups is 1. The van der Waals surface area contributed by atoms with Crippen LogP contribution < -0.4 is 10.6 Å². The van der Waals surface area contributed by atoms with E-state index in [1.165, 1.54) is 11.8 Å². The molecule has 2 rings (SSSR count). The molecule has 5 N–H and O–H groups in total. The first-order valence-corrected chi connectivity index (χ1v) is 11.4. The molecule has 0 aromatic heterocycles. The molecular formula is C18H33ClN2O5S. The van der Waals surface area contributed by atoms with E-state index in [1.54, 1.807) is 13.2 Å². The lowest BCUT2D eigenvalue weighted by Gasteiger charge is -2.45. The van der Waals surface area contributed by atoms with E-state index in [-0.39, 0.29) is 11.9 Å². The van der Waals surface area contributed by atoms with Gasteiger partial charge in [-0.15, -0.1) is 23.4 Å². The number of amides is 1. The highest BCUT2D eigenvalue weighted by atomic mass is 35.5. The average molecular weight is 425 g/mol. The summed E-state index contributed by atoms with van der Waals surface area (Å²) in [5, 5.41) is 36.1.